The summed E-state index contributed by atoms with van der Waals surface area (Å²) >= 11 is 1.50. The Morgan fingerprint density at radius 1 is 0.623 bits per heavy atom. The minimum atomic E-state index is -1.29. The Morgan fingerprint density at radius 3 is 1.49 bits per heavy atom. The van der Waals surface area contributed by atoms with Crippen molar-refractivity contribution in [3.8, 4) is 5.75 Å². The van der Waals surface area contributed by atoms with Crippen molar-refractivity contribution < 1.29 is 39.0 Å². The number of carbonyl (C=O) groups excluding carboxylic acids is 5. The minimum Gasteiger partial charge on any atom is -0.508 e. The fraction of sp³-hybridized carbons (Fsp3) is 0.385. The summed E-state index contributed by atoms with van der Waals surface area (Å²) in [5.41, 5.74) is 1.97. The lowest BCUT2D eigenvalue weighted by atomic mass is 9.99. The highest BCUT2D eigenvalue weighted by atomic mass is 32.2. The molecule has 0 saturated heterocycles. The molecule has 284 valence electrons. The van der Waals surface area contributed by atoms with Crippen LogP contribution in [0, 0.1) is 5.92 Å². The molecule has 0 saturated carbocycles. The number of rotatable bonds is 22. The van der Waals surface area contributed by atoms with E-state index in [0.717, 1.165) is 0 Å². The first-order valence-electron chi connectivity index (χ1n) is 17.4. The molecule has 0 radical (unpaired) electrons. The summed E-state index contributed by atoms with van der Waals surface area (Å²) in [4.78, 5) is 78.5. The maximum atomic E-state index is 14.1. The monoisotopic (exact) mass is 747 g/mol. The van der Waals surface area contributed by atoms with Crippen LogP contribution in [0.2, 0.25) is 0 Å². The van der Waals surface area contributed by atoms with Crippen molar-refractivity contribution in [1.82, 2.24) is 26.6 Å². The van der Waals surface area contributed by atoms with Crippen molar-refractivity contribution in [2.24, 2.45) is 5.92 Å². The first kappa shape index (κ1) is 42.0. The van der Waals surface area contributed by atoms with Crippen molar-refractivity contribution in [1.29, 1.82) is 0 Å². The molecule has 0 bridgehead atoms. The number of phenolic OH excluding ortho intramolecular Hbond substituents is 1. The SMILES string of the molecule is CSCC[C@H](NC=O)C(=O)N[C@@H](CC(C)C)C(=O)N[C@@H](Cc1ccc(O)cc1)C(=O)NC(Cc1ccccc1)C(=O)NC(Cc1ccccc1)C(=O)O. The number of carboxylic acid groups (broad SMARTS) is 1. The van der Waals surface area contributed by atoms with E-state index < -0.39 is 59.8 Å². The molecule has 14 heteroatoms. The largest absolute Gasteiger partial charge is 0.508 e. The summed E-state index contributed by atoms with van der Waals surface area (Å²) in [6, 6.07) is 18.0. The van der Waals surface area contributed by atoms with Gasteiger partial charge in [-0.3, -0.25) is 24.0 Å². The van der Waals surface area contributed by atoms with Crippen LogP contribution in [0.15, 0.2) is 84.9 Å². The molecular weight excluding hydrogens is 699 g/mol. The molecule has 53 heavy (non-hydrogen) atoms. The number of hydrogen-bond acceptors (Lipinski definition) is 8. The molecule has 0 aliphatic heterocycles. The van der Waals surface area contributed by atoms with E-state index in [9.17, 15) is 39.0 Å². The zero-order valence-corrected chi connectivity index (χ0v) is 30.9. The van der Waals surface area contributed by atoms with Gasteiger partial charge in [0.05, 0.1) is 0 Å². The van der Waals surface area contributed by atoms with Crippen molar-refractivity contribution in [3.63, 3.8) is 0 Å². The number of thioether (sulfide) groups is 1. The van der Waals surface area contributed by atoms with Crippen LogP contribution in [0.5, 0.6) is 5.75 Å². The maximum Gasteiger partial charge on any atom is 0.326 e. The molecule has 5 amide bonds. The van der Waals surface area contributed by atoms with Gasteiger partial charge in [0.25, 0.3) is 0 Å². The van der Waals surface area contributed by atoms with Gasteiger partial charge in [-0.25, -0.2) is 4.79 Å². The van der Waals surface area contributed by atoms with Gasteiger partial charge in [-0.15, -0.1) is 0 Å². The van der Waals surface area contributed by atoms with Gasteiger partial charge < -0.3 is 36.8 Å². The summed E-state index contributed by atoms with van der Waals surface area (Å²) in [6.45, 7) is 3.74. The lowest BCUT2D eigenvalue weighted by Crippen LogP contribution is -2.59. The van der Waals surface area contributed by atoms with Gasteiger partial charge in [0.15, 0.2) is 0 Å². The van der Waals surface area contributed by atoms with Gasteiger partial charge in [-0.05, 0) is 59.6 Å². The van der Waals surface area contributed by atoms with Crippen LogP contribution in [-0.2, 0) is 48.0 Å². The lowest BCUT2D eigenvalue weighted by molar-refractivity contribution is -0.142. The highest BCUT2D eigenvalue weighted by Crippen LogP contribution is 2.14. The van der Waals surface area contributed by atoms with Gasteiger partial charge in [0.2, 0.25) is 30.0 Å². The second kappa shape index (κ2) is 21.9. The number of phenols is 1. The predicted octanol–water partition coefficient (Wildman–Crippen LogP) is 2.36. The molecule has 0 aromatic heterocycles. The Hall–Kier alpha value is -5.37. The number of nitrogens with one attached hydrogen (secondary N) is 5. The van der Waals surface area contributed by atoms with Crippen LogP contribution in [0.4, 0.5) is 0 Å². The van der Waals surface area contributed by atoms with Crippen LogP contribution >= 0.6 is 11.8 Å². The Morgan fingerprint density at radius 2 is 1.04 bits per heavy atom. The highest BCUT2D eigenvalue weighted by Gasteiger charge is 2.33. The van der Waals surface area contributed by atoms with E-state index >= 15 is 0 Å². The molecule has 0 spiro atoms. The smallest absolute Gasteiger partial charge is 0.326 e. The van der Waals surface area contributed by atoms with Crippen LogP contribution in [0.25, 0.3) is 0 Å². The van der Waals surface area contributed by atoms with Gasteiger partial charge in [-0.2, -0.15) is 11.8 Å². The Bertz CT molecular complexity index is 1640. The fourth-order valence-electron chi connectivity index (χ4n) is 5.59. The second-order valence-corrected chi connectivity index (χ2v) is 14.1. The average molecular weight is 748 g/mol. The molecule has 2 unspecified atom stereocenters. The number of aliphatic carboxylic acids is 1. The van der Waals surface area contributed by atoms with Crippen LogP contribution in [-0.4, -0.2) is 88.4 Å². The van der Waals surface area contributed by atoms with E-state index in [-0.39, 0.29) is 37.4 Å². The van der Waals surface area contributed by atoms with Crippen LogP contribution in [0.3, 0.4) is 0 Å². The summed E-state index contributed by atoms with van der Waals surface area (Å²) in [5.74, 6) is -3.37. The van der Waals surface area contributed by atoms with E-state index in [1.54, 1.807) is 72.8 Å². The van der Waals surface area contributed by atoms with E-state index in [1.165, 1.54) is 23.9 Å². The first-order valence-corrected chi connectivity index (χ1v) is 18.8. The fourth-order valence-corrected chi connectivity index (χ4v) is 6.06. The molecule has 13 nitrogen and oxygen atoms in total. The van der Waals surface area contributed by atoms with Gasteiger partial charge in [0, 0.05) is 19.3 Å². The van der Waals surface area contributed by atoms with Gasteiger partial charge >= 0.3 is 5.97 Å². The Balaban J connectivity index is 1.91. The van der Waals surface area contributed by atoms with Crippen molar-refractivity contribution >= 4 is 47.8 Å². The topological polar surface area (TPSA) is 203 Å². The summed E-state index contributed by atoms with van der Waals surface area (Å²) < 4.78 is 0. The van der Waals surface area contributed by atoms with Crippen molar-refractivity contribution in [3.05, 3.63) is 102 Å². The standard InChI is InChI=1S/C39H49N5O8S/c1-25(2)20-31(41-35(47)30(40-24-45)18-19-53-3)36(48)42-33(22-28-14-16-29(46)17-15-28)37(49)43-32(21-26-10-6-4-7-11-26)38(50)44-34(39(51)52)23-27-12-8-5-9-13-27/h4-17,24-25,30-34,46H,18-23H2,1-3H3,(H,40,45)(H,41,47)(H,42,48)(H,43,49)(H,44,50)(H,51,52)/t30-,31-,32?,33-,34?/m0/s1. The number of amides is 5. The quantitative estimate of drug-likeness (QED) is 0.0754. The molecule has 3 aromatic carbocycles. The second-order valence-electron chi connectivity index (χ2n) is 13.1. The average Bonchev–Trinajstić information content (AvgIpc) is 3.13. The zero-order chi connectivity index (χ0) is 38.8. The molecule has 3 rings (SSSR count). The summed E-state index contributed by atoms with van der Waals surface area (Å²) in [5, 5.41) is 33.1. The molecule has 7 N–H and O–H groups in total. The van der Waals surface area contributed by atoms with E-state index in [1.807, 2.05) is 20.1 Å². The number of hydrogen-bond donors (Lipinski definition) is 7. The minimum absolute atomic E-state index is 0.00143. The number of carbonyl (C=O) groups is 6. The van der Waals surface area contributed by atoms with Crippen LogP contribution < -0.4 is 26.6 Å². The van der Waals surface area contributed by atoms with Crippen molar-refractivity contribution in [2.45, 2.75) is 76.2 Å². The van der Waals surface area contributed by atoms with E-state index in [0.29, 0.717) is 35.3 Å². The summed E-state index contributed by atoms with van der Waals surface area (Å²) in [7, 11) is 0. The summed E-state index contributed by atoms with van der Waals surface area (Å²) in [6.07, 6.45) is 2.84. The number of benzene rings is 3. The molecule has 0 aliphatic carbocycles. The first-order chi connectivity index (χ1) is 25.4. The van der Waals surface area contributed by atoms with Crippen LogP contribution in [0.1, 0.15) is 43.4 Å². The highest BCUT2D eigenvalue weighted by molar-refractivity contribution is 7.98. The molecule has 3 aromatic rings. The third kappa shape index (κ3) is 14.6. The maximum absolute atomic E-state index is 14.1. The Labute approximate surface area is 314 Å². The predicted molar refractivity (Wildman–Crippen MR) is 203 cm³/mol. The number of carboxylic acids is 1. The third-order valence-electron chi connectivity index (χ3n) is 8.36. The molecular formula is C39H49N5O8S. The zero-order valence-electron chi connectivity index (χ0n) is 30.1. The molecule has 5 atom stereocenters. The normalized spacial score (nSPS) is 13.7. The molecule has 0 heterocycles. The Kier molecular flexibility index (Phi) is 17.3. The molecule has 0 aliphatic rings. The third-order valence-corrected chi connectivity index (χ3v) is 9.00. The lowest BCUT2D eigenvalue weighted by Gasteiger charge is -2.27. The van der Waals surface area contributed by atoms with Gasteiger partial charge in [0.1, 0.15) is 36.0 Å². The molecule has 0 fully saturated rings. The van der Waals surface area contributed by atoms with Gasteiger partial charge in [-0.1, -0.05) is 86.6 Å². The number of aromatic hydroxyl groups is 1. The van der Waals surface area contributed by atoms with E-state index in [4.69, 9.17) is 0 Å². The van der Waals surface area contributed by atoms with Crippen molar-refractivity contribution in [2.75, 3.05) is 12.0 Å². The van der Waals surface area contributed by atoms with E-state index in [2.05, 4.69) is 26.6 Å².